The van der Waals surface area contributed by atoms with Gasteiger partial charge in [-0.25, -0.2) is 0 Å². The second kappa shape index (κ2) is 10.4. The van der Waals surface area contributed by atoms with Crippen molar-refractivity contribution in [3.63, 3.8) is 0 Å². The summed E-state index contributed by atoms with van der Waals surface area (Å²) in [5.74, 6) is 1.08. The fourth-order valence-electron chi connectivity index (χ4n) is 2.11. The van der Waals surface area contributed by atoms with Crippen LogP contribution in [0.2, 0.25) is 0 Å². The average Bonchev–Trinajstić information content (AvgIpc) is 2.65. The number of carbonyl (C=O) groups is 1. The Bertz CT molecular complexity index is 735. The van der Waals surface area contributed by atoms with Crippen molar-refractivity contribution in [2.24, 2.45) is 0 Å². The predicted molar refractivity (Wildman–Crippen MR) is 105 cm³/mol. The van der Waals surface area contributed by atoms with E-state index in [0.29, 0.717) is 36.9 Å². The Labute approximate surface area is 158 Å². The van der Waals surface area contributed by atoms with Crippen LogP contribution in [0.1, 0.15) is 17.3 Å². The maximum Gasteiger partial charge on any atom is 0.257 e. The molecule has 0 saturated heterocycles. The van der Waals surface area contributed by atoms with Gasteiger partial charge in [-0.2, -0.15) is 0 Å². The number of hydrogen-bond donors (Lipinski definition) is 2. The summed E-state index contributed by atoms with van der Waals surface area (Å²) in [6, 6.07) is 14.1. The molecule has 0 aliphatic carbocycles. The molecule has 2 rings (SSSR count). The van der Waals surface area contributed by atoms with Crippen molar-refractivity contribution < 1.29 is 19.0 Å². The van der Waals surface area contributed by atoms with Crippen molar-refractivity contribution in [3.05, 3.63) is 54.1 Å². The SMILES string of the molecule is CCOCCOc1cccc(NC(=S)NC(=O)c2ccc(OC)cc2)c1. The fraction of sp³-hybridized carbons (Fsp3) is 0.263. The molecular weight excluding hydrogens is 352 g/mol. The maximum absolute atomic E-state index is 12.2. The molecule has 0 aliphatic rings. The molecular formula is C19H22N2O4S. The van der Waals surface area contributed by atoms with Crippen molar-refractivity contribution in [1.29, 1.82) is 0 Å². The molecule has 0 radical (unpaired) electrons. The number of methoxy groups -OCH3 is 1. The van der Waals surface area contributed by atoms with Gasteiger partial charge in [-0.1, -0.05) is 6.07 Å². The van der Waals surface area contributed by atoms with Gasteiger partial charge in [0.15, 0.2) is 5.11 Å². The Kier molecular flexibility index (Phi) is 7.85. The zero-order valence-corrected chi connectivity index (χ0v) is 15.6. The molecule has 1 amide bonds. The van der Waals surface area contributed by atoms with E-state index in [9.17, 15) is 4.79 Å². The molecule has 0 bridgehead atoms. The van der Waals surface area contributed by atoms with E-state index >= 15 is 0 Å². The largest absolute Gasteiger partial charge is 0.497 e. The van der Waals surface area contributed by atoms with Gasteiger partial charge in [-0.05, 0) is 55.5 Å². The number of nitrogens with one attached hydrogen (secondary N) is 2. The topological polar surface area (TPSA) is 68.8 Å². The van der Waals surface area contributed by atoms with Crippen molar-refractivity contribution >= 4 is 28.9 Å². The zero-order valence-electron chi connectivity index (χ0n) is 14.8. The molecule has 2 aromatic rings. The van der Waals surface area contributed by atoms with Gasteiger partial charge >= 0.3 is 0 Å². The number of thiocarbonyl (C=S) groups is 1. The molecule has 7 heteroatoms. The van der Waals surface area contributed by atoms with Crippen LogP contribution in [-0.4, -0.2) is 38.0 Å². The molecule has 26 heavy (non-hydrogen) atoms. The van der Waals surface area contributed by atoms with E-state index in [-0.39, 0.29) is 11.0 Å². The Hall–Kier alpha value is -2.64. The minimum atomic E-state index is -0.297. The van der Waals surface area contributed by atoms with E-state index in [1.807, 2.05) is 25.1 Å². The van der Waals surface area contributed by atoms with Gasteiger partial charge in [-0.15, -0.1) is 0 Å². The lowest BCUT2D eigenvalue weighted by Crippen LogP contribution is -2.34. The third-order valence-electron chi connectivity index (χ3n) is 3.37. The standard InChI is InChI=1S/C19H22N2O4S/c1-3-24-11-12-25-17-6-4-5-15(13-17)20-19(26)21-18(22)14-7-9-16(23-2)10-8-14/h4-10,13H,3,11-12H2,1-2H3,(H2,20,21,22,26). The van der Waals surface area contributed by atoms with Crippen molar-refractivity contribution in [3.8, 4) is 11.5 Å². The van der Waals surface area contributed by atoms with Gasteiger partial charge in [0.25, 0.3) is 5.91 Å². The van der Waals surface area contributed by atoms with Gasteiger partial charge in [0.2, 0.25) is 0 Å². The molecule has 0 saturated carbocycles. The third-order valence-corrected chi connectivity index (χ3v) is 3.58. The van der Waals surface area contributed by atoms with Crippen molar-refractivity contribution in [2.75, 3.05) is 32.2 Å². The summed E-state index contributed by atoms with van der Waals surface area (Å²) in [5, 5.41) is 5.82. The summed E-state index contributed by atoms with van der Waals surface area (Å²) in [4.78, 5) is 12.2. The van der Waals surface area contributed by atoms with Crippen LogP contribution in [0, 0.1) is 0 Å². The number of amides is 1. The van der Waals surface area contributed by atoms with Crippen LogP contribution in [0.5, 0.6) is 11.5 Å². The van der Waals surface area contributed by atoms with E-state index in [0.717, 1.165) is 5.69 Å². The van der Waals surface area contributed by atoms with Gasteiger partial charge in [0.1, 0.15) is 18.1 Å². The average molecular weight is 374 g/mol. The molecule has 0 fully saturated rings. The summed E-state index contributed by atoms with van der Waals surface area (Å²) < 4.78 is 15.9. The molecule has 2 N–H and O–H groups in total. The van der Waals surface area contributed by atoms with Crippen LogP contribution in [-0.2, 0) is 4.74 Å². The van der Waals surface area contributed by atoms with Crippen molar-refractivity contribution in [2.45, 2.75) is 6.92 Å². The Morgan fingerprint density at radius 3 is 2.54 bits per heavy atom. The number of ether oxygens (including phenoxy) is 3. The highest BCUT2D eigenvalue weighted by molar-refractivity contribution is 7.80. The number of anilines is 1. The number of hydrogen-bond acceptors (Lipinski definition) is 5. The maximum atomic E-state index is 12.2. The Balaban J connectivity index is 1.87. The monoisotopic (exact) mass is 374 g/mol. The molecule has 6 nitrogen and oxygen atoms in total. The summed E-state index contributed by atoms with van der Waals surface area (Å²) in [6.45, 7) is 3.60. The second-order valence-corrected chi connectivity index (χ2v) is 5.62. The number of rotatable bonds is 8. The fourth-order valence-corrected chi connectivity index (χ4v) is 2.32. The van der Waals surface area contributed by atoms with Crippen LogP contribution in [0.15, 0.2) is 48.5 Å². The quantitative estimate of drug-likeness (QED) is 0.546. The van der Waals surface area contributed by atoms with E-state index in [1.165, 1.54) is 0 Å². The van der Waals surface area contributed by atoms with E-state index in [1.54, 1.807) is 37.4 Å². The molecule has 0 aliphatic heterocycles. The molecule has 0 unspecified atom stereocenters. The molecule has 0 atom stereocenters. The summed E-state index contributed by atoms with van der Waals surface area (Å²) in [6.07, 6.45) is 0. The Morgan fingerprint density at radius 2 is 1.85 bits per heavy atom. The smallest absolute Gasteiger partial charge is 0.257 e. The van der Waals surface area contributed by atoms with E-state index in [2.05, 4.69) is 10.6 Å². The summed E-state index contributed by atoms with van der Waals surface area (Å²) in [5.41, 5.74) is 1.21. The normalized spacial score (nSPS) is 10.1. The molecule has 0 heterocycles. The lowest BCUT2D eigenvalue weighted by molar-refractivity contribution is 0.0977. The summed E-state index contributed by atoms with van der Waals surface area (Å²) >= 11 is 5.20. The van der Waals surface area contributed by atoms with Crippen molar-refractivity contribution in [1.82, 2.24) is 5.32 Å². The van der Waals surface area contributed by atoms with Gasteiger partial charge < -0.3 is 19.5 Å². The van der Waals surface area contributed by atoms with Gasteiger partial charge in [0.05, 0.1) is 13.7 Å². The second-order valence-electron chi connectivity index (χ2n) is 5.21. The highest BCUT2D eigenvalue weighted by Crippen LogP contribution is 2.17. The highest BCUT2D eigenvalue weighted by atomic mass is 32.1. The van der Waals surface area contributed by atoms with E-state index < -0.39 is 0 Å². The first-order chi connectivity index (χ1) is 12.6. The van der Waals surface area contributed by atoms with Gasteiger partial charge in [-0.3, -0.25) is 10.1 Å². The third kappa shape index (κ3) is 6.34. The Morgan fingerprint density at radius 1 is 1.08 bits per heavy atom. The lowest BCUT2D eigenvalue weighted by atomic mass is 10.2. The lowest BCUT2D eigenvalue weighted by Gasteiger charge is -2.12. The highest BCUT2D eigenvalue weighted by Gasteiger charge is 2.08. The number of carbonyl (C=O) groups excluding carboxylic acids is 1. The van der Waals surface area contributed by atoms with Crippen LogP contribution in [0.4, 0.5) is 5.69 Å². The van der Waals surface area contributed by atoms with Crippen LogP contribution in [0.3, 0.4) is 0 Å². The molecule has 0 spiro atoms. The molecule has 138 valence electrons. The first-order valence-electron chi connectivity index (χ1n) is 8.19. The zero-order chi connectivity index (χ0) is 18.8. The predicted octanol–water partition coefficient (Wildman–Crippen LogP) is 3.24. The number of benzene rings is 2. The van der Waals surface area contributed by atoms with Crippen LogP contribution < -0.4 is 20.1 Å². The minimum absolute atomic E-state index is 0.206. The molecule has 0 aromatic heterocycles. The first-order valence-corrected chi connectivity index (χ1v) is 8.60. The molecule has 2 aromatic carbocycles. The summed E-state index contributed by atoms with van der Waals surface area (Å²) in [7, 11) is 1.57. The van der Waals surface area contributed by atoms with Crippen LogP contribution in [0.25, 0.3) is 0 Å². The first kappa shape index (κ1) is 19.7. The minimum Gasteiger partial charge on any atom is -0.497 e. The van der Waals surface area contributed by atoms with E-state index in [4.69, 9.17) is 26.4 Å². The van der Waals surface area contributed by atoms with Crippen LogP contribution >= 0.6 is 12.2 Å². The van der Waals surface area contributed by atoms with Gasteiger partial charge in [0, 0.05) is 23.9 Å².